The van der Waals surface area contributed by atoms with E-state index in [0.717, 1.165) is 29.4 Å². The molecule has 1 aromatic rings. The standard InChI is InChI=1S/C15H23BrN2O2/c1-3-11(6-7-17)4-5-15(19)18-13-8-12(16)9-14(10-13)20-2/h8-11H,3-7,17H2,1-2H3,(H,18,19). The summed E-state index contributed by atoms with van der Waals surface area (Å²) in [5.74, 6) is 1.27. The molecule has 0 radical (unpaired) electrons. The number of ether oxygens (including phenoxy) is 1. The molecule has 5 heteroatoms. The summed E-state index contributed by atoms with van der Waals surface area (Å²) in [5.41, 5.74) is 6.31. The van der Waals surface area contributed by atoms with Gasteiger partial charge in [0.15, 0.2) is 0 Å². The van der Waals surface area contributed by atoms with Gasteiger partial charge < -0.3 is 15.8 Å². The molecular weight excluding hydrogens is 320 g/mol. The van der Waals surface area contributed by atoms with Crippen molar-refractivity contribution < 1.29 is 9.53 Å². The van der Waals surface area contributed by atoms with Crippen LogP contribution in [0.4, 0.5) is 5.69 Å². The summed E-state index contributed by atoms with van der Waals surface area (Å²) in [6.07, 6.45) is 3.45. The highest BCUT2D eigenvalue weighted by Gasteiger charge is 2.10. The van der Waals surface area contributed by atoms with Crippen molar-refractivity contribution >= 4 is 27.5 Å². The van der Waals surface area contributed by atoms with E-state index >= 15 is 0 Å². The van der Waals surface area contributed by atoms with Crippen molar-refractivity contribution in [2.24, 2.45) is 11.7 Å². The molecule has 1 unspecified atom stereocenters. The molecule has 1 amide bonds. The number of methoxy groups -OCH3 is 1. The molecule has 1 aromatic carbocycles. The van der Waals surface area contributed by atoms with Gasteiger partial charge in [-0.25, -0.2) is 0 Å². The minimum atomic E-state index is 0.0284. The first kappa shape index (κ1) is 17.0. The zero-order chi connectivity index (χ0) is 15.0. The van der Waals surface area contributed by atoms with Gasteiger partial charge in [-0.3, -0.25) is 4.79 Å². The Morgan fingerprint density at radius 1 is 1.40 bits per heavy atom. The minimum Gasteiger partial charge on any atom is -0.497 e. The van der Waals surface area contributed by atoms with Gasteiger partial charge in [0.05, 0.1) is 7.11 Å². The third-order valence-electron chi connectivity index (χ3n) is 3.32. The Morgan fingerprint density at radius 3 is 2.75 bits per heavy atom. The predicted octanol–water partition coefficient (Wildman–Crippen LogP) is 3.55. The number of benzene rings is 1. The average Bonchev–Trinajstić information content (AvgIpc) is 2.42. The Hall–Kier alpha value is -1.07. The van der Waals surface area contributed by atoms with Gasteiger partial charge in [-0.15, -0.1) is 0 Å². The number of nitrogens with two attached hydrogens (primary N) is 1. The van der Waals surface area contributed by atoms with Gasteiger partial charge in [0.2, 0.25) is 5.91 Å². The summed E-state index contributed by atoms with van der Waals surface area (Å²) in [6.45, 7) is 2.82. The first-order valence-electron chi connectivity index (χ1n) is 6.93. The van der Waals surface area contributed by atoms with Crippen molar-refractivity contribution in [2.75, 3.05) is 19.0 Å². The molecule has 0 aromatic heterocycles. The van der Waals surface area contributed by atoms with Crippen molar-refractivity contribution in [3.8, 4) is 5.75 Å². The minimum absolute atomic E-state index is 0.0284. The molecule has 0 heterocycles. The number of carbonyl (C=O) groups is 1. The third-order valence-corrected chi connectivity index (χ3v) is 3.78. The van der Waals surface area contributed by atoms with Crippen LogP contribution < -0.4 is 15.8 Å². The van der Waals surface area contributed by atoms with Crippen LogP contribution in [0, 0.1) is 5.92 Å². The van der Waals surface area contributed by atoms with Crippen LogP contribution in [0.2, 0.25) is 0 Å². The third kappa shape index (κ3) is 5.92. The highest BCUT2D eigenvalue weighted by Crippen LogP contribution is 2.25. The smallest absolute Gasteiger partial charge is 0.224 e. The van der Waals surface area contributed by atoms with Crippen LogP contribution in [-0.2, 0) is 4.79 Å². The molecule has 0 saturated heterocycles. The fourth-order valence-electron chi connectivity index (χ4n) is 2.10. The van der Waals surface area contributed by atoms with E-state index in [1.165, 1.54) is 0 Å². The molecule has 112 valence electrons. The molecule has 4 nitrogen and oxygen atoms in total. The lowest BCUT2D eigenvalue weighted by atomic mass is 9.96. The Balaban J connectivity index is 2.51. The summed E-state index contributed by atoms with van der Waals surface area (Å²) >= 11 is 3.39. The number of anilines is 1. The fourth-order valence-corrected chi connectivity index (χ4v) is 2.57. The Labute approximate surface area is 129 Å². The van der Waals surface area contributed by atoms with E-state index in [0.29, 0.717) is 24.6 Å². The second kappa shape index (κ2) is 8.97. The maximum atomic E-state index is 11.9. The summed E-state index contributed by atoms with van der Waals surface area (Å²) in [4.78, 5) is 11.9. The first-order valence-corrected chi connectivity index (χ1v) is 7.72. The van der Waals surface area contributed by atoms with E-state index in [9.17, 15) is 4.79 Å². The van der Waals surface area contributed by atoms with Crippen molar-refractivity contribution in [2.45, 2.75) is 32.6 Å². The van der Waals surface area contributed by atoms with E-state index in [-0.39, 0.29) is 5.91 Å². The van der Waals surface area contributed by atoms with Gasteiger partial charge in [-0.1, -0.05) is 29.3 Å². The fraction of sp³-hybridized carbons (Fsp3) is 0.533. The number of rotatable bonds is 8. The number of halogens is 1. The lowest BCUT2D eigenvalue weighted by molar-refractivity contribution is -0.116. The van der Waals surface area contributed by atoms with Gasteiger partial charge in [-0.2, -0.15) is 0 Å². The number of amides is 1. The molecule has 0 aliphatic carbocycles. The highest BCUT2D eigenvalue weighted by molar-refractivity contribution is 9.10. The molecule has 1 atom stereocenters. The summed E-state index contributed by atoms with van der Waals surface area (Å²) < 4.78 is 6.05. The van der Waals surface area contributed by atoms with Crippen molar-refractivity contribution in [3.63, 3.8) is 0 Å². The summed E-state index contributed by atoms with van der Waals surface area (Å²) in [6, 6.07) is 5.52. The lowest BCUT2D eigenvalue weighted by Crippen LogP contribution is -2.15. The van der Waals surface area contributed by atoms with E-state index < -0.39 is 0 Å². The topological polar surface area (TPSA) is 64.4 Å². The normalized spacial score (nSPS) is 12.0. The number of hydrogen-bond donors (Lipinski definition) is 2. The van der Waals surface area contributed by atoms with Crippen molar-refractivity contribution in [3.05, 3.63) is 22.7 Å². The average molecular weight is 343 g/mol. The van der Waals surface area contributed by atoms with Crippen LogP contribution in [-0.4, -0.2) is 19.6 Å². The first-order chi connectivity index (χ1) is 9.58. The number of carbonyl (C=O) groups excluding carboxylic acids is 1. The van der Waals surface area contributed by atoms with E-state index in [4.69, 9.17) is 10.5 Å². The molecule has 3 N–H and O–H groups in total. The van der Waals surface area contributed by atoms with Crippen molar-refractivity contribution in [1.29, 1.82) is 0 Å². The number of nitrogens with one attached hydrogen (secondary N) is 1. The van der Waals surface area contributed by atoms with Crippen LogP contribution in [0.25, 0.3) is 0 Å². The second-order valence-electron chi connectivity index (χ2n) is 4.82. The molecule has 0 aliphatic rings. The summed E-state index contributed by atoms with van der Waals surface area (Å²) in [7, 11) is 1.60. The second-order valence-corrected chi connectivity index (χ2v) is 5.73. The molecule has 20 heavy (non-hydrogen) atoms. The van der Waals surface area contributed by atoms with Gasteiger partial charge in [-0.05, 0) is 37.4 Å². The van der Waals surface area contributed by atoms with Gasteiger partial charge in [0.25, 0.3) is 0 Å². The number of hydrogen-bond acceptors (Lipinski definition) is 3. The molecular formula is C15H23BrN2O2. The van der Waals surface area contributed by atoms with Crippen LogP contribution in [0.1, 0.15) is 32.6 Å². The quantitative estimate of drug-likeness (QED) is 0.759. The molecule has 0 aliphatic heterocycles. The Kier molecular flexibility index (Phi) is 7.62. The van der Waals surface area contributed by atoms with Crippen molar-refractivity contribution in [1.82, 2.24) is 0 Å². The molecule has 0 saturated carbocycles. The van der Waals surface area contributed by atoms with E-state index in [1.807, 2.05) is 12.1 Å². The molecule has 0 bridgehead atoms. The summed E-state index contributed by atoms with van der Waals surface area (Å²) in [5, 5.41) is 2.90. The van der Waals surface area contributed by atoms with Crippen LogP contribution in [0.5, 0.6) is 5.75 Å². The van der Waals surface area contributed by atoms with Gasteiger partial charge >= 0.3 is 0 Å². The Bertz CT molecular complexity index is 438. The monoisotopic (exact) mass is 342 g/mol. The van der Waals surface area contributed by atoms with Crippen LogP contribution >= 0.6 is 15.9 Å². The van der Waals surface area contributed by atoms with Gasteiger partial charge in [0, 0.05) is 22.6 Å². The maximum Gasteiger partial charge on any atom is 0.224 e. The SMILES string of the molecule is CCC(CCN)CCC(=O)Nc1cc(Br)cc(OC)c1. The predicted molar refractivity (Wildman–Crippen MR) is 86.0 cm³/mol. The van der Waals surface area contributed by atoms with E-state index in [1.54, 1.807) is 13.2 Å². The van der Waals surface area contributed by atoms with E-state index in [2.05, 4.69) is 28.2 Å². The Morgan fingerprint density at radius 2 is 2.15 bits per heavy atom. The molecule has 1 rings (SSSR count). The highest BCUT2D eigenvalue weighted by atomic mass is 79.9. The van der Waals surface area contributed by atoms with Gasteiger partial charge in [0.1, 0.15) is 5.75 Å². The molecule has 0 fully saturated rings. The zero-order valence-electron chi connectivity index (χ0n) is 12.1. The largest absolute Gasteiger partial charge is 0.497 e. The van der Waals surface area contributed by atoms with Crippen LogP contribution in [0.3, 0.4) is 0 Å². The van der Waals surface area contributed by atoms with Crippen LogP contribution in [0.15, 0.2) is 22.7 Å². The zero-order valence-corrected chi connectivity index (χ0v) is 13.7. The molecule has 0 spiro atoms. The lowest BCUT2D eigenvalue weighted by Gasteiger charge is -2.13. The maximum absolute atomic E-state index is 11.9.